The number of fused-ring (bicyclic) bond motifs is 2. The fourth-order valence-electron chi connectivity index (χ4n) is 3.82. The molecule has 2 heterocycles. The van der Waals surface area contributed by atoms with E-state index in [0.717, 1.165) is 45.3 Å². The average Bonchev–Trinajstić information content (AvgIpc) is 3.16. The summed E-state index contributed by atoms with van der Waals surface area (Å²) in [6.45, 7) is 1.23. The summed E-state index contributed by atoms with van der Waals surface area (Å²) < 4.78 is 0. The van der Waals surface area contributed by atoms with Crippen LogP contribution >= 0.6 is 11.6 Å². The molecular weight excluding hydrogens is 370 g/mol. The molecule has 1 aromatic heterocycles. The molecule has 138 valence electrons. The van der Waals surface area contributed by atoms with Gasteiger partial charge in [0.1, 0.15) is 0 Å². The number of benzene rings is 3. The molecule has 0 radical (unpaired) electrons. The molecule has 0 saturated carbocycles. The zero-order chi connectivity index (χ0) is 19.1. The number of amides is 1. The first-order valence-electron chi connectivity index (χ1n) is 9.29. The highest BCUT2D eigenvalue weighted by Gasteiger charge is 2.26. The van der Waals surface area contributed by atoms with Crippen LogP contribution in [0.25, 0.3) is 22.0 Å². The van der Waals surface area contributed by atoms with Crippen molar-refractivity contribution in [2.75, 3.05) is 6.54 Å². The van der Waals surface area contributed by atoms with Gasteiger partial charge in [-0.25, -0.2) is 0 Å². The van der Waals surface area contributed by atoms with Crippen molar-refractivity contribution < 1.29 is 4.79 Å². The lowest BCUT2D eigenvalue weighted by molar-refractivity contribution is 0.0735. The van der Waals surface area contributed by atoms with E-state index in [1.54, 1.807) is 0 Å². The normalized spacial score (nSPS) is 13.5. The van der Waals surface area contributed by atoms with E-state index in [4.69, 9.17) is 11.6 Å². The SMILES string of the molecule is O=C(c1ccc2ccccc2c1)N1CCc2[nH]nc(-c3ccc(Cl)cc3)c2C1. The molecular formula is C23H18ClN3O. The van der Waals surface area contributed by atoms with E-state index in [-0.39, 0.29) is 5.91 Å². The molecule has 5 heteroatoms. The van der Waals surface area contributed by atoms with Gasteiger partial charge in [0.2, 0.25) is 0 Å². The summed E-state index contributed by atoms with van der Waals surface area (Å²) in [5, 5.41) is 10.6. The fourth-order valence-corrected chi connectivity index (χ4v) is 3.95. The van der Waals surface area contributed by atoms with Gasteiger partial charge < -0.3 is 4.90 Å². The van der Waals surface area contributed by atoms with Gasteiger partial charge in [-0.15, -0.1) is 0 Å². The third kappa shape index (κ3) is 2.96. The first-order chi connectivity index (χ1) is 13.7. The van der Waals surface area contributed by atoms with Crippen molar-refractivity contribution in [2.45, 2.75) is 13.0 Å². The highest BCUT2D eigenvalue weighted by Crippen LogP contribution is 2.30. The predicted octanol–water partition coefficient (Wildman–Crippen LogP) is 5.08. The zero-order valence-corrected chi connectivity index (χ0v) is 15.9. The zero-order valence-electron chi connectivity index (χ0n) is 15.2. The quantitative estimate of drug-likeness (QED) is 0.521. The van der Waals surface area contributed by atoms with Gasteiger partial charge in [0, 0.05) is 46.9 Å². The van der Waals surface area contributed by atoms with Crippen molar-refractivity contribution in [3.8, 4) is 11.3 Å². The van der Waals surface area contributed by atoms with Crippen molar-refractivity contribution in [1.82, 2.24) is 15.1 Å². The van der Waals surface area contributed by atoms with E-state index in [9.17, 15) is 4.79 Å². The molecule has 0 bridgehead atoms. The van der Waals surface area contributed by atoms with Crippen LogP contribution in [-0.2, 0) is 13.0 Å². The maximum atomic E-state index is 13.1. The molecule has 1 N–H and O–H groups in total. The smallest absolute Gasteiger partial charge is 0.254 e. The molecule has 1 aliphatic rings. The summed E-state index contributed by atoms with van der Waals surface area (Å²) >= 11 is 6.01. The van der Waals surface area contributed by atoms with Gasteiger partial charge >= 0.3 is 0 Å². The minimum absolute atomic E-state index is 0.0552. The van der Waals surface area contributed by atoms with E-state index in [1.165, 1.54) is 0 Å². The molecule has 0 spiro atoms. The Kier molecular flexibility index (Phi) is 4.14. The molecule has 0 aliphatic carbocycles. The first kappa shape index (κ1) is 17.0. The fraction of sp³-hybridized carbons (Fsp3) is 0.130. The maximum absolute atomic E-state index is 13.1. The van der Waals surface area contributed by atoms with Gasteiger partial charge in [-0.3, -0.25) is 9.89 Å². The number of nitrogens with zero attached hydrogens (tertiary/aromatic N) is 2. The van der Waals surface area contributed by atoms with E-state index in [2.05, 4.69) is 16.3 Å². The number of halogens is 1. The summed E-state index contributed by atoms with van der Waals surface area (Å²) in [6, 6.07) is 21.6. The Morgan fingerprint density at radius 3 is 2.61 bits per heavy atom. The number of aromatic amines is 1. The molecule has 4 aromatic rings. The van der Waals surface area contributed by atoms with Crippen LogP contribution < -0.4 is 0 Å². The minimum Gasteiger partial charge on any atom is -0.334 e. The Morgan fingerprint density at radius 1 is 1.00 bits per heavy atom. The van der Waals surface area contributed by atoms with E-state index in [1.807, 2.05) is 65.6 Å². The average molecular weight is 388 g/mol. The molecule has 1 amide bonds. The summed E-state index contributed by atoms with van der Waals surface area (Å²) in [5.74, 6) is 0.0552. The molecule has 0 fully saturated rings. The molecule has 0 unspecified atom stereocenters. The number of nitrogens with one attached hydrogen (secondary N) is 1. The molecule has 3 aromatic carbocycles. The van der Waals surface area contributed by atoms with Gasteiger partial charge in [-0.05, 0) is 35.0 Å². The molecule has 4 nitrogen and oxygen atoms in total. The van der Waals surface area contributed by atoms with Crippen molar-refractivity contribution >= 4 is 28.3 Å². The van der Waals surface area contributed by atoms with Crippen LogP contribution in [0, 0.1) is 0 Å². The first-order valence-corrected chi connectivity index (χ1v) is 9.67. The standard InChI is InChI=1S/C23H18ClN3O/c24-19-9-7-16(8-10-19)22-20-14-27(12-11-21(20)25-26-22)23(28)18-6-5-15-3-1-2-4-17(15)13-18/h1-10,13H,11-12,14H2,(H,25,26). The van der Waals surface area contributed by atoms with Crippen molar-refractivity contribution in [2.24, 2.45) is 0 Å². The van der Waals surface area contributed by atoms with Gasteiger partial charge in [0.05, 0.1) is 5.69 Å². The number of hydrogen-bond donors (Lipinski definition) is 1. The number of hydrogen-bond acceptors (Lipinski definition) is 2. The molecule has 0 saturated heterocycles. The highest BCUT2D eigenvalue weighted by molar-refractivity contribution is 6.30. The summed E-state index contributed by atoms with van der Waals surface area (Å²) in [7, 11) is 0. The van der Waals surface area contributed by atoms with Crippen molar-refractivity contribution in [3.05, 3.63) is 88.6 Å². The summed E-state index contributed by atoms with van der Waals surface area (Å²) in [4.78, 5) is 15.0. The Labute approximate surface area is 167 Å². The van der Waals surface area contributed by atoms with Crippen LogP contribution in [0.2, 0.25) is 5.02 Å². The minimum atomic E-state index is 0.0552. The second-order valence-electron chi connectivity index (χ2n) is 7.07. The third-order valence-corrected chi connectivity index (χ3v) is 5.59. The molecule has 5 rings (SSSR count). The number of aromatic nitrogens is 2. The van der Waals surface area contributed by atoms with E-state index >= 15 is 0 Å². The monoisotopic (exact) mass is 387 g/mol. The molecule has 0 atom stereocenters. The van der Waals surface area contributed by atoms with Crippen molar-refractivity contribution in [3.63, 3.8) is 0 Å². The number of H-pyrrole nitrogens is 1. The van der Waals surface area contributed by atoms with E-state index in [0.29, 0.717) is 18.1 Å². The van der Waals surface area contributed by atoms with Gasteiger partial charge in [-0.2, -0.15) is 5.10 Å². The van der Waals surface area contributed by atoms with E-state index < -0.39 is 0 Å². The Bertz CT molecular complexity index is 1180. The predicted molar refractivity (Wildman–Crippen MR) is 111 cm³/mol. The van der Waals surface area contributed by atoms with Crippen LogP contribution in [0.4, 0.5) is 0 Å². The Hall–Kier alpha value is -3.11. The number of carbonyl (C=O) groups is 1. The van der Waals surface area contributed by atoms with Crippen LogP contribution in [-0.4, -0.2) is 27.5 Å². The van der Waals surface area contributed by atoms with Gasteiger partial charge in [0.25, 0.3) is 5.91 Å². The lowest BCUT2D eigenvalue weighted by Crippen LogP contribution is -2.35. The third-order valence-electron chi connectivity index (χ3n) is 5.33. The van der Waals surface area contributed by atoms with Crippen LogP contribution in [0.1, 0.15) is 21.6 Å². The van der Waals surface area contributed by atoms with Gasteiger partial charge in [0.15, 0.2) is 0 Å². The second kappa shape index (κ2) is 6.80. The summed E-state index contributed by atoms with van der Waals surface area (Å²) in [5.41, 5.74) is 4.80. The van der Waals surface area contributed by atoms with Crippen molar-refractivity contribution in [1.29, 1.82) is 0 Å². The number of rotatable bonds is 2. The van der Waals surface area contributed by atoms with Crippen LogP contribution in [0.5, 0.6) is 0 Å². The molecule has 1 aliphatic heterocycles. The summed E-state index contributed by atoms with van der Waals surface area (Å²) in [6.07, 6.45) is 0.773. The Morgan fingerprint density at radius 2 is 1.79 bits per heavy atom. The topological polar surface area (TPSA) is 49.0 Å². The lowest BCUT2D eigenvalue weighted by atomic mass is 10.00. The second-order valence-corrected chi connectivity index (χ2v) is 7.51. The van der Waals surface area contributed by atoms with Gasteiger partial charge in [-0.1, -0.05) is 54.1 Å². The highest BCUT2D eigenvalue weighted by atomic mass is 35.5. The van der Waals surface area contributed by atoms with Crippen LogP contribution in [0.3, 0.4) is 0 Å². The van der Waals surface area contributed by atoms with Crippen LogP contribution in [0.15, 0.2) is 66.7 Å². The Balaban J connectivity index is 1.45. The number of carbonyl (C=O) groups excluding carboxylic acids is 1. The maximum Gasteiger partial charge on any atom is 0.254 e. The largest absolute Gasteiger partial charge is 0.334 e. The lowest BCUT2D eigenvalue weighted by Gasteiger charge is -2.27. The molecule has 28 heavy (non-hydrogen) atoms.